The van der Waals surface area contributed by atoms with E-state index >= 15 is 0 Å². The zero-order chi connectivity index (χ0) is 7.56. The minimum absolute atomic E-state index is 0.574. The maximum atomic E-state index is 10.3. The molecule has 1 aromatic carbocycles. The Labute approximate surface area is 72.1 Å². The van der Waals surface area contributed by atoms with Gasteiger partial charge in [-0.25, -0.2) is 0 Å². The predicted molar refractivity (Wildman–Crippen MR) is 44.5 cm³/mol. The molecular weight excluding hydrogens is 215 g/mol. The number of carbonyl (C=O) groups is 1. The summed E-state index contributed by atoms with van der Waals surface area (Å²) in [6.07, 6.45) is 0.760. The lowest BCUT2D eigenvalue weighted by atomic mass is 10.2. The third-order valence-corrected chi connectivity index (χ3v) is 2.04. The molecule has 0 saturated carbocycles. The lowest BCUT2D eigenvalue weighted by Gasteiger charge is -1.94. The van der Waals surface area contributed by atoms with Crippen LogP contribution in [0.15, 0.2) is 22.7 Å². The number of benzene rings is 1. The molecule has 0 bridgehead atoms. The Morgan fingerprint density at radius 1 is 1.50 bits per heavy atom. The average Bonchev–Trinajstić information content (AvgIpc) is 1.94. The minimum Gasteiger partial charge on any atom is -0.298 e. The summed E-state index contributed by atoms with van der Waals surface area (Å²) in [5.74, 6) is 0. The van der Waals surface area contributed by atoms with E-state index in [0.717, 1.165) is 10.8 Å². The van der Waals surface area contributed by atoms with E-state index in [1.165, 1.54) is 0 Å². The molecule has 0 saturated heterocycles. The maximum Gasteiger partial charge on any atom is 0.151 e. The molecule has 0 radical (unpaired) electrons. The lowest BCUT2D eigenvalue weighted by Crippen LogP contribution is -1.80. The molecule has 1 rings (SSSR count). The van der Waals surface area contributed by atoms with Gasteiger partial charge in [-0.3, -0.25) is 4.79 Å². The number of rotatable bonds is 1. The van der Waals surface area contributed by atoms with Crippen molar-refractivity contribution < 1.29 is 4.79 Å². The van der Waals surface area contributed by atoms with Gasteiger partial charge in [0.05, 0.1) is 0 Å². The van der Waals surface area contributed by atoms with E-state index in [1.807, 2.05) is 0 Å². The van der Waals surface area contributed by atoms with Crippen LogP contribution in [0.3, 0.4) is 0 Å². The van der Waals surface area contributed by atoms with Gasteiger partial charge in [0.2, 0.25) is 0 Å². The summed E-state index contributed by atoms with van der Waals surface area (Å²) in [5.41, 5.74) is 0.576. The lowest BCUT2D eigenvalue weighted by molar-refractivity contribution is 0.112. The Balaban J connectivity index is 3.21. The zero-order valence-electron chi connectivity index (χ0n) is 4.97. The van der Waals surface area contributed by atoms with Crippen molar-refractivity contribution in [2.75, 3.05) is 0 Å². The number of hydrogen-bond donors (Lipinski definition) is 0. The Bertz CT molecular complexity index is 260. The highest BCUT2D eigenvalue weighted by molar-refractivity contribution is 9.10. The van der Waals surface area contributed by atoms with Crippen LogP contribution in [-0.4, -0.2) is 6.29 Å². The summed E-state index contributed by atoms with van der Waals surface area (Å²) in [7, 11) is 0. The van der Waals surface area contributed by atoms with E-state index in [2.05, 4.69) is 15.9 Å². The molecule has 1 aromatic rings. The van der Waals surface area contributed by atoms with Gasteiger partial charge in [-0.05, 0) is 18.2 Å². The maximum absolute atomic E-state index is 10.3. The summed E-state index contributed by atoms with van der Waals surface area (Å²) < 4.78 is 0.770. The topological polar surface area (TPSA) is 17.1 Å². The van der Waals surface area contributed by atoms with Crippen LogP contribution >= 0.6 is 27.5 Å². The first-order valence-corrected chi connectivity index (χ1v) is 3.81. The van der Waals surface area contributed by atoms with Gasteiger partial charge in [-0.2, -0.15) is 0 Å². The van der Waals surface area contributed by atoms with Crippen molar-refractivity contribution in [3.63, 3.8) is 0 Å². The molecule has 0 aliphatic carbocycles. The first-order chi connectivity index (χ1) is 4.74. The van der Waals surface area contributed by atoms with Crippen LogP contribution in [0, 0.1) is 0 Å². The summed E-state index contributed by atoms with van der Waals surface area (Å²) in [6, 6.07) is 5.07. The van der Waals surface area contributed by atoms with Crippen LogP contribution in [0.5, 0.6) is 0 Å². The van der Waals surface area contributed by atoms with Crippen molar-refractivity contribution in [3.8, 4) is 0 Å². The fourth-order valence-electron chi connectivity index (χ4n) is 0.605. The predicted octanol–water partition coefficient (Wildman–Crippen LogP) is 2.92. The van der Waals surface area contributed by atoms with Crippen LogP contribution < -0.4 is 0 Å². The fraction of sp³-hybridized carbons (Fsp3) is 0. The van der Waals surface area contributed by atoms with E-state index in [1.54, 1.807) is 18.2 Å². The highest BCUT2D eigenvalue weighted by atomic mass is 79.9. The van der Waals surface area contributed by atoms with E-state index < -0.39 is 0 Å². The fourth-order valence-corrected chi connectivity index (χ4v) is 1.13. The largest absolute Gasteiger partial charge is 0.298 e. The minimum atomic E-state index is 0.574. The van der Waals surface area contributed by atoms with Crippen molar-refractivity contribution in [2.24, 2.45) is 0 Å². The molecular formula is C7H4BrClO. The molecule has 10 heavy (non-hydrogen) atoms. The van der Waals surface area contributed by atoms with E-state index in [0.29, 0.717) is 10.6 Å². The quantitative estimate of drug-likeness (QED) is 0.664. The van der Waals surface area contributed by atoms with Gasteiger partial charge in [-0.1, -0.05) is 27.5 Å². The molecule has 3 heteroatoms. The standard InChI is InChI=1S/C7H4BrClO/c8-7-2-1-6(9)3-5(7)4-10/h1-4H. The molecule has 0 aliphatic rings. The van der Waals surface area contributed by atoms with Gasteiger partial charge in [0.15, 0.2) is 6.29 Å². The first kappa shape index (κ1) is 7.76. The molecule has 0 aromatic heterocycles. The number of hydrogen-bond acceptors (Lipinski definition) is 1. The Kier molecular flexibility index (Phi) is 2.46. The molecule has 0 atom stereocenters. The van der Waals surface area contributed by atoms with E-state index in [-0.39, 0.29) is 0 Å². The molecule has 0 heterocycles. The molecule has 1 nitrogen and oxygen atoms in total. The van der Waals surface area contributed by atoms with Crippen molar-refractivity contribution in [2.45, 2.75) is 0 Å². The van der Waals surface area contributed by atoms with Crippen LogP contribution in [0.25, 0.3) is 0 Å². The van der Waals surface area contributed by atoms with Crippen molar-refractivity contribution in [3.05, 3.63) is 33.3 Å². The highest BCUT2D eigenvalue weighted by Crippen LogP contribution is 2.18. The van der Waals surface area contributed by atoms with Gasteiger partial charge < -0.3 is 0 Å². The van der Waals surface area contributed by atoms with Gasteiger partial charge in [0.25, 0.3) is 0 Å². The molecule has 0 unspecified atom stereocenters. The third kappa shape index (κ3) is 1.58. The van der Waals surface area contributed by atoms with Crippen LogP contribution in [0.1, 0.15) is 10.4 Å². The monoisotopic (exact) mass is 218 g/mol. The normalized spacial score (nSPS) is 9.40. The van der Waals surface area contributed by atoms with Gasteiger partial charge in [-0.15, -0.1) is 0 Å². The second-order valence-corrected chi connectivity index (χ2v) is 3.07. The molecule has 0 fully saturated rings. The summed E-state index contributed by atoms with van der Waals surface area (Å²) in [6.45, 7) is 0. The average molecular weight is 219 g/mol. The Hall–Kier alpha value is -0.340. The Morgan fingerprint density at radius 3 is 2.70 bits per heavy atom. The highest BCUT2D eigenvalue weighted by Gasteiger charge is 1.96. The molecule has 0 amide bonds. The Morgan fingerprint density at radius 2 is 2.20 bits per heavy atom. The van der Waals surface area contributed by atoms with Crippen molar-refractivity contribution >= 4 is 33.8 Å². The van der Waals surface area contributed by atoms with Crippen molar-refractivity contribution in [1.29, 1.82) is 0 Å². The summed E-state index contributed by atoms with van der Waals surface area (Å²) in [4.78, 5) is 10.3. The van der Waals surface area contributed by atoms with E-state index in [9.17, 15) is 4.79 Å². The van der Waals surface area contributed by atoms with Crippen molar-refractivity contribution in [1.82, 2.24) is 0 Å². The summed E-state index contributed by atoms with van der Waals surface area (Å²) in [5, 5.41) is 0.574. The SMILES string of the molecule is O=Cc1cc(Cl)ccc1Br. The number of aldehydes is 1. The third-order valence-electron chi connectivity index (χ3n) is 1.09. The molecule has 52 valence electrons. The first-order valence-electron chi connectivity index (χ1n) is 2.64. The van der Waals surface area contributed by atoms with Crippen LogP contribution in [0.2, 0.25) is 5.02 Å². The molecule has 0 N–H and O–H groups in total. The zero-order valence-corrected chi connectivity index (χ0v) is 7.32. The molecule has 0 aliphatic heterocycles. The number of halogens is 2. The molecule has 0 spiro atoms. The van der Waals surface area contributed by atoms with Gasteiger partial charge >= 0.3 is 0 Å². The summed E-state index contributed by atoms with van der Waals surface area (Å²) >= 11 is 8.82. The van der Waals surface area contributed by atoms with Gasteiger partial charge in [0.1, 0.15) is 0 Å². The second-order valence-electron chi connectivity index (χ2n) is 1.78. The van der Waals surface area contributed by atoms with Gasteiger partial charge in [0, 0.05) is 15.1 Å². The van der Waals surface area contributed by atoms with E-state index in [4.69, 9.17) is 11.6 Å². The van der Waals surface area contributed by atoms with Crippen LogP contribution in [-0.2, 0) is 0 Å². The number of carbonyl (C=O) groups excluding carboxylic acids is 1. The smallest absolute Gasteiger partial charge is 0.151 e. The van der Waals surface area contributed by atoms with Crippen LogP contribution in [0.4, 0.5) is 0 Å². The second kappa shape index (κ2) is 3.17.